The largest absolute Gasteiger partial charge is 0.447 e. The third kappa shape index (κ3) is 7.71. The van der Waals surface area contributed by atoms with Crippen molar-refractivity contribution in [1.29, 1.82) is 0 Å². The second-order valence-corrected chi connectivity index (χ2v) is 15.0. The summed E-state index contributed by atoms with van der Waals surface area (Å²) in [6.07, 6.45) is 0.0660. The number of carbonyl (C=O) groups excluding carboxylic acids is 2. The van der Waals surface area contributed by atoms with Crippen molar-refractivity contribution in [2.45, 2.75) is 94.9 Å². The van der Waals surface area contributed by atoms with Crippen LogP contribution in [0.1, 0.15) is 81.9 Å². The maximum Gasteiger partial charge on any atom is 0.407 e. The highest BCUT2D eigenvalue weighted by Gasteiger charge is 2.55. The van der Waals surface area contributed by atoms with Gasteiger partial charge in [-0.3, -0.25) is 14.4 Å². The van der Waals surface area contributed by atoms with E-state index in [1.165, 1.54) is 44.2 Å². The maximum atomic E-state index is 16.3. The Morgan fingerprint density at radius 1 is 1.13 bits per heavy atom. The Kier molecular flexibility index (Phi) is 10.4. The summed E-state index contributed by atoms with van der Waals surface area (Å²) in [5.74, 6) is -2.42. The van der Waals surface area contributed by atoms with Crippen molar-refractivity contribution in [1.82, 2.24) is 30.4 Å². The molecule has 3 aliphatic rings. The molecule has 3 aromatic rings. The Bertz CT molecular complexity index is 1980. The minimum atomic E-state index is -3.03. The molecule has 19 heteroatoms. The van der Waals surface area contributed by atoms with Crippen molar-refractivity contribution in [3.63, 3.8) is 0 Å². The molecular formula is C35H38ClF6N9O3. The van der Waals surface area contributed by atoms with Crippen LogP contribution in [0.3, 0.4) is 0 Å². The Labute approximate surface area is 311 Å². The van der Waals surface area contributed by atoms with E-state index in [1.54, 1.807) is 23.1 Å². The van der Waals surface area contributed by atoms with Gasteiger partial charge in [-0.25, -0.2) is 32.3 Å². The number of alkyl halides is 5. The molecule has 54 heavy (non-hydrogen) atoms. The average molecular weight is 782 g/mol. The highest BCUT2D eigenvalue weighted by molar-refractivity contribution is 6.31. The van der Waals surface area contributed by atoms with Gasteiger partial charge in [0.25, 0.3) is 12.3 Å². The zero-order valence-corrected chi connectivity index (χ0v) is 30.3. The molecule has 1 aromatic heterocycles. The van der Waals surface area contributed by atoms with Gasteiger partial charge in [-0.05, 0) is 69.9 Å². The van der Waals surface area contributed by atoms with E-state index in [-0.39, 0.29) is 27.8 Å². The molecule has 0 spiro atoms. The number of hydrogen-bond acceptors (Lipinski definition) is 9. The molecule has 2 aliphatic heterocycles. The maximum absolute atomic E-state index is 16.3. The summed E-state index contributed by atoms with van der Waals surface area (Å²) < 4.78 is 94.0. The van der Waals surface area contributed by atoms with E-state index in [2.05, 4.69) is 20.5 Å². The minimum Gasteiger partial charge on any atom is -0.447 e. The van der Waals surface area contributed by atoms with Crippen molar-refractivity contribution in [2.75, 3.05) is 6.61 Å². The Hall–Kier alpha value is -4.84. The van der Waals surface area contributed by atoms with Gasteiger partial charge in [0.15, 0.2) is 17.7 Å². The van der Waals surface area contributed by atoms with E-state index in [9.17, 15) is 27.2 Å². The first-order chi connectivity index (χ1) is 25.3. The third-order valence-corrected chi connectivity index (χ3v) is 9.65. The van der Waals surface area contributed by atoms with E-state index in [0.717, 1.165) is 37.9 Å². The number of aromatic nitrogens is 2. The monoisotopic (exact) mass is 781 g/mol. The number of rotatable bonds is 13. The molecule has 3 atom stereocenters. The van der Waals surface area contributed by atoms with E-state index in [4.69, 9.17) is 22.1 Å². The van der Waals surface area contributed by atoms with Crippen molar-refractivity contribution in [3.8, 4) is 11.1 Å². The van der Waals surface area contributed by atoms with E-state index >= 15 is 8.78 Å². The minimum absolute atomic E-state index is 0.000840. The summed E-state index contributed by atoms with van der Waals surface area (Å²) >= 11 is 6.43. The zero-order chi connectivity index (χ0) is 39.3. The number of amides is 2. The van der Waals surface area contributed by atoms with Crippen LogP contribution in [0, 0.1) is 5.82 Å². The van der Waals surface area contributed by atoms with Crippen LogP contribution >= 0.6 is 11.6 Å². The molecule has 1 saturated carbocycles. The predicted molar refractivity (Wildman–Crippen MR) is 187 cm³/mol. The molecule has 290 valence electrons. The molecule has 0 radical (unpaired) electrons. The number of carbonyl (C=O) groups is 2. The van der Waals surface area contributed by atoms with Crippen LogP contribution in [0.25, 0.3) is 11.1 Å². The average Bonchev–Trinajstić information content (AvgIpc) is 3.49. The van der Waals surface area contributed by atoms with Gasteiger partial charge in [-0.1, -0.05) is 29.8 Å². The number of benzene rings is 2. The van der Waals surface area contributed by atoms with Crippen molar-refractivity contribution >= 4 is 35.9 Å². The number of aliphatic imine (C=N–C) groups is 2. The molecule has 6 rings (SSSR count). The number of nitrogens with two attached hydrogens (primary N) is 1. The number of nitrogens with one attached hydrogen (secondary N) is 2. The first-order valence-corrected chi connectivity index (χ1v) is 17.3. The van der Waals surface area contributed by atoms with Gasteiger partial charge in [0.2, 0.25) is 0 Å². The smallest absolute Gasteiger partial charge is 0.407 e. The normalized spacial score (nSPS) is 21.2. The summed E-state index contributed by atoms with van der Waals surface area (Å²) in [7, 11) is 0. The zero-order valence-electron chi connectivity index (χ0n) is 29.5. The molecule has 0 saturated heterocycles. The fraction of sp³-hybridized carbons (Fsp3) is 0.457. The van der Waals surface area contributed by atoms with Gasteiger partial charge in [-0.15, -0.1) is 5.01 Å². The molecule has 12 nitrogen and oxygen atoms in total. The number of halogens is 7. The van der Waals surface area contributed by atoms with Gasteiger partial charge >= 0.3 is 12.6 Å². The Morgan fingerprint density at radius 2 is 1.85 bits per heavy atom. The Balaban J connectivity index is 1.41. The summed E-state index contributed by atoms with van der Waals surface area (Å²) in [5, 5.41) is 6.90. The molecule has 2 aromatic carbocycles. The third-order valence-electron chi connectivity index (χ3n) is 9.30. The van der Waals surface area contributed by atoms with Gasteiger partial charge in [0, 0.05) is 34.3 Å². The molecule has 1 aliphatic carbocycles. The lowest BCUT2D eigenvalue weighted by Gasteiger charge is -2.34. The number of nitrogens with zero attached hydrogens (tertiary/aromatic N) is 6. The number of hydrogen-bond donors (Lipinski definition) is 3. The highest BCUT2D eigenvalue weighted by Crippen LogP contribution is 2.46. The first-order valence-electron chi connectivity index (χ1n) is 16.9. The molecule has 1 unspecified atom stereocenters. The lowest BCUT2D eigenvalue weighted by atomic mass is 9.80. The van der Waals surface area contributed by atoms with E-state index in [0.29, 0.717) is 16.1 Å². The fourth-order valence-electron chi connectivity index (χ4n) is 6.45. The fourth-order valence-corrected chi connectivity index (χ4v) is 6.67. The van der Waals surface area contributed by atoms with Crippen molar-refractivity contribution < 1.29 is 40.7 Å². The lowest BCUT2D eigenvalue weighted by Crippen LogP contribution is -2.50. The predicted octanol–water partition coefficient (Wildman–Crippen LogP) is 6.75. The van der Waals surface area contributed by atoms with Gasteiger partial charge in [0.05, 0.1) is 30.2 Å². The molecule has 3 heterocycles. The number of hydrazine groups is 1. The number of alkyl carbamates (subject to hydrolysis) is 1. The van der Waals surface area contributed by atoms with Crippen LogP contribution in [-0.4, -0.2) is 74.8 Å². The van der Waals surface area contributed by atoms with E-state index in [1.807, 2.05) is 5.32 Å². The summed E-state index contributed by atoms with van der Waals surface area (Å²) in [4.78, 5) is 36.9. The second kappa shape index (κ2) is 14.4. The van der Waals surface area contributed by atoms with Crippen LogP contribution in [0.15, 0.2) is 58.8 Å². The first kappa shape index (κ1) is 38.9. The molecule has 0 bridgehead atoms. The number of guanidine groups is 1. The van der Waals surface area contributed by atoms with Crippen LogP contribution in [0.5, 0.6) is 0 Å². The standard InChI is InChI=1S/C35H38ClF6N9O3/c1-33(2,42)16-35(23-9-5-18(12-25(23)37)20-13-45-49(14-20)21-7-8-21)29(52)50(31(43)47-35)26(15-54-32(53)48-34(3,4)28(38)39)19-6-10-24(36)22(11-19)27-44-17-46-51(27)30(40)41/h5-6,9-14,17,21,26-28,30H,7-8,15-16H2,1-4H3,(H2,43,47)(H,44,46)(H,48,53)/t26-,27?,35-/m1/s1. The van der Waals surface area contributed by atoms with Crippen LogP contribution in [-0.2, 0) is 15.1 Å². The van der Waals surface area contributed by atoms with Gasteiger partial charge in [-0.2, -0.15) is 13.9 Å². The molecule has 1 fully saturated rings. The molecular weight excluding hydrogens is 744 g/mol. The topological polar surface area (TPSA) is 142 Å². The lowest BCUT2D eigenvalue weighted by molar-refractivity contribution is -0.135. The Morgan fingerprint density at radius 3 is 2.48 bits per heavy atom. The number of ether oxygens (including phenoxy) is 1. The van der Waals surface area contributed by atoms with Crippen LogP contribution in [0.4, 0.5) is 31.1 Å². The van der Waals surface area contributed by atoms with Crippen molar-refractivity contribution in [3.05, 3.63) is 76.3 Å². The highest BCUT2D eigenvalue weighted by atomic mass is 35.5. The quantitative estimate of drug-likeness (QED) is 0.129. The van der Waals surface area contributed by atoms with Crippen LogP contribution in [0.2, 0.25) is 5.02 Å². The van der Waals surface area contributed by atoms with E-state index < -0.39 is 78.7 Å². The summed E-state index contributed by atoms with van der Waals surface area (Å²) in [5.41, 5.74) is 3.21. The van der Waals surface area contributed by atoms with Crippen LogP contribution < -0.4 is 16.5 Å². The van der Waals surface area contributed by atoms with Gasteiger partial charge < -0.3 is 21.2 Å². The molecule has 4 N–H and O–H groups in total. The van der Waals surface area contributed by atoms with Gasteiger partial charge in [0.1, 0.15) is 18.1 Å². The second-order valence-electron chi connectivity index (χ2n) is 14.5. The molecule has 2 amide bonds. The SMILES string of the molecule is CC(C)(F)C[C@]1(c2ccc(-c3cnn(C4CC4)c3)cc2F)N=C(N)N([C@H](COC(=O)NC(C)(C)C(F)F)c2ccc(Cl)c(C3N=CNN3C(F)F)c2)C1=O. The summed E-state index contributed by atoms with van der Waals surface area (Å²) in [6.45, 7) is 0.699. The summed E-state index contributed by atoms with van der Waals surface area (Å²) in [6, 6.07) is 6.91. The van der Waals surface area contributed by atoms with Crippen molar-refractivity contribution in [2.24, 2.45) is 15.7 Å².